The number of carbonyl (C=O) groups is 1. The molecule has 0 aliphatic carbocycles. The van der Waals surface area contributed by atoms with E-state index in [1.165, 1.54) is 0 Å². The van der Waals surface area contributed by atoms with Gasteiger partial charge in [-0.15, -0.1) is 0 Å². The molecule has 1 aliphatic heterocycles. The Labute approximate surface area is 173 Å². The number of fused-ring (bicyclic) bond motifs is 3. The van der Waals surface area contributed by atoms with Crippen molar-refractivity contribution in [3.05, 3.63) is 66.4 Å². The van der Waals surface area contributed by atoms with E-state index in [0.29, 0.717) is 25.3 Å². The average molecular weight is 402 g/mol. The maximum atomic E-state index is 13.3. The molecule has 1 N–H and O–H groups in total. The first kappa shape index (κ1) is 18.5. The molecule has 152 valence electrons. The van der Waals surface area contributed by atoms with Crippen LogP contribution in [0.25, 0.3) is 16.6 Å². The van der Waals surface area contributed by atoms with E-state index < -0.39 is 0 Å². The lowest BCUT2D eigenvalue weighted by atomic mass is 10.1. The second-order valence-corrected chi connectivity index (χ2v) is 7.19. The molecule has 1 aliphatic rings. The van der Waals surface area contributed by atoms with E-state index in [9.17, 15) is 4.79 Å². The highest BCUT2D eigenvalue weighted by molar-refractivity contribution is 6.16. The van der Waals surface area contributed by atoms with Crippen LogP contribution in [0.3, 0.4) is 0 Å². The molecule has 8 nitrogen and oxygen atoms in total. The molecule has 0 unspecified atom stereocenters. The fourth-order valence-electron chi connectivity index (χ4n) is 3.94. The highest BCUT2D eigenvalue weighted by atomic mass is 16.5. The molecule has 30 heavy (non-hydrogen) atoms. The van der Waals surface area contributed by atoms with Crippen LogP contribution in [-0.2, 0) is 11.2 Å². The summed E-state index contributed by atoms with van der Waals surface area (Å²) >= 11 is 0. The number of pyridine rings is 2. The standard InChI is InChI=1S/C22H22N6O2/c29-22(24-9-6-16-4-7-23-8-5-16)18-17-3-1-2-10-28(17)21-19(18)20(25-15-26-21)27-11-13-30-14-12-27/h1-5,7-8,10,15H,6,9,11-14H2,(H,24,29). The van der Waals surface area contributed by atoms with Crippen molar-refractivity contribution >= 4 is 28.3 Å². The molecule has 5 heterocycles. The predicted octanol–water partition coefficient (Wildman–Crippen LogP) is 2.09. The molecule has 4 aromatic rings. The molecule has 0 bridgehead atoms. The quantitative estimate of drug-likeness (QED) is 0.550. The van der Waals surface area contributed by atoms with Crippen molar-refractivity contribution in [2.75, 3.05) is 37.7 Å². The monoisotopic (exact) mass is 402 g/mol. The van der Waals surface area contributed by atoms with Crippen LogP contribution < -0.4 is 10.2 Å². The number of hydrogen-bond acceptors (Lipinski definition) is 6. The predicted molar refractivity (Wildman–Crippen MR) is 114 cm³/mol. The van der Waals surface area contributed by atoms with Gasteiger partial charge >= 0.3 is 0 Å². The number of carbonyl (C=O) groups excluding carboxylic acids is 1. The maximum absolute atomic E-state index is 13.3. The minimum absolute atomic E-state index is 0.118. The highest BCUT2D eigenvalue weighted by Crippen LogP contribution is 2.32. The Kier molecular flexibility index (Phi) is 4.98. The van der Waals surface area contributed by atoms with Gasteiger partial charge in [-0.1, -0.05) is 6.07 Å². The first-order valence-electron chi connectivity index (χ1n) is 10.1. The van der Waals surface area contributed by atoms with Crippen LogP contribution >= 0.6 is 0 Å². The van der Waals surface area contributed by atoms with Crippen molar-refractivity contribution in [2.24, 2.45) is 0 Å². The fourth-order valence-corrected chi connectivity index (χ4v) is 3.94. The van der Waals surface area contributed by atoms with Crippen molar-refractivity contribution in [1.82, 2.24) is 24.7 Å². The van der Waals surface area contributed by atoms with Crippen molar-refractivity contribution in [2.45, 2.75) is 6.42 Å². The van der Waals surface area contributed by atoms with Gasteiger partial charge in [0.15, 0.2) is 5.65 Å². The number of nitrogens with zero attached hydrogens (tertiary/aromatic N) is 5. The summed E-state index contributed by atoms with van der Waals surface area (Å²) in [5.74, 6) is 0.665. The molecule has 8 heteroatoms. The van der Waals surface area contributed by atoms with Crippen molar-refractivity contribution < 1.29 is 9.53 Å². The molecule has 1 amide bonds. The Morgan fingerprint density at radius 1 is 1.10 bits per heavy atom. The number of nitrogens with one attached hydrogen (secondary N) is 1. The first-order valence-corrected chi connectivity index (χ1v) is 10.1. The molecular formula is C22H22N6O2. The second-order valence-electron chi connectivity index (χ2n) is 7.19. The number of morpholine rings is 1. The third-order valence-electron chi connectivity index (χ3n) is 5.39. The van der Waals surface area contributed by atoms with Gasteiger partial charge in [0.1, 0.15) is 12.1 Å². The minimum atomic E-state index is -0.118. The molecule has 1 fully saturated rings. The summed E-state index contributed by atoms with van der Waals surface area (Å²) in [5, 5.41) is 3.86. The van der Waals surface area contributed by atoms with Gasteiger partial charge < -0.3 is 19.4 Å². The lowest BCUT2D eigenvalue weighted by Gasteiger charge is -2.28. The average Bonchev–Trinajstić information content (AvgIpc) is 3.15. The van der Waals surface area contributed by atoms with Gasteiger partial charge in [0.2, 0.25) is 0 Å². The number of hydrogen-bond donors (Lipinski definition) is 1. The Bertz CT molecular complexity index is 1180. The van der Waals surface area contributed by atoms with Crippen LogP contribution in [0.4, 0.5) is 5.82 Å². The zero-order valence-electron chi connectivity index (χ0n) is 16.5. The fraction of sp³-hybridized carbons (Fsp3) is 0.273. The summed E-state index contributed by atoms with van der Waals surface area (Å²) in [5.41, 5.74) is 3.31. The Balaban J connectivity index is 1.54. The van der Waals surface area contributed by atoms with Gasteiger partial charge in [0.25, 0.3) is 5.91 Å². The highest BCUT2D eigenvalue weighted by Gasteiger charge is 2.25. The van der Waals surface area contributed by atoms with E-state index in [4.69, 9.17) is 4.74 Å². The van der Waals surface area contributed by atoms with Crippen LogP contribution in [0.15, 0.2) is 55.2 Å². The zero-order chi connectivity index (χ0) is 20.3. The second kappa shape index (κ2) is 8.08. The van der Waals surface area contributed by atoms with E-state index in [0.717, 1.165) is 47.4 Å². The van der Waals surface area contributed by atoms with Crippen LogP contribution in [0.1, 0.15) is 15.9 Å². The molecule has 5 rings (SSSR count). The normalized spacial score (nSPS) is 14.3. The lowest BCUT2D eigenvalue weighted by Crippen LogP contribution is -2.37. The Morgan fingerprint density at radius 2 is 1.93 bits per heavy atom. The van der Waals surface area contributed by atoms with Crippen LogP contribution in [0.2, 0.25) is 0 Å². The van der Waals surface area contributed by atoms with Crippen LogP contribution in [0.5, 0.6) is 0 Å². The van der Waals surface area contributed by atoms with Crippen molar-refractivity contribution in [3.8, 4) is 0 Å². The Morgan fingerprint density at radius 3 is 2.77 bits per heavy atom. The topological polar surface area (TPSA) is 84.7 Å². The number of anilines is 1. The first-order chi connectivity index (χ1) is 14.8. The van der Waals surface area contributed by atoms with E-state index in [-0.39, 0.29) is 5.91 Å². The molecule has 0 aromatic carbocycles. The third-order valence-corrected chi connectivity index (χ3v) is 5.39. The third kappa shape index (κ3) is 3.35. The summed E-state index contributed by atoms with van der Waals surface area (Å²) in [6.07, 6.45) is 7.76. The van der Waals surface area contributed by atoms with E-state index >= 15 is 0 Å². The molecular weight excluding hydrogens is 380 g/mol. The molecule has 0 atom stereocenters. The van der Waals surface area contributed by atoms with Gasteiger partial charge in [0, 0.05) is 38.2 Å². The molecule has 1 saturated heterocycles. The van der Waals surface area contributed by atoms with Crippen LogP contribution in [-0.4, -0.2) is 58.1 Å². The SMILES string of the molecule is O=C(NCCc1ccncc1)c1c2c(N3CCOCC3)ncnc2n2ccccc12. The van der Waals surface area contributed by atoms with Gasteiger partial charge in [-0.3, -0.25) is 9.78 Å². The largest absolute Gasteiger partial charge is 0.378 e. The number of ether oxygens (including phenoxy) is 1. The van der Waals surface area contributed by atoms with Gasteiger partial charge in [0.05, 0.1) is 29.7 Å². The molecule has 4 aromatic heterocycles. The summed E-state index contributed by atoms with van der Waals surface area (Å²) < 4.78 is 7.45. The van der Waals surface area contributed by atoms with Gasteiger partial charge in [-0.2, -0.15) is 0 Å². The summed E-state index contributed by atoms with van der Waals surface area (Å²) in [6, 6.07) is 9.74. The van der Waals surface area contributed by atoms with Crippen molar-refractivity contribution in [3.63, 3.8) is 0 Å². The minimum Gasteiger partial charge on any atom is -0.378 e. The van der Waals surface area contributed by atoms with Crippen molar-refractivity contribution in [1.29, 1.82) is 0 Å². The number of aromatic nitrogens is 4. The molecule has 0 spiro atoms. The van der Waals surface area contributed by atoms with Gasteiger partial charge in [-0.25, -0.2) is 9.97 Å². The van der Waals surface area contributed by atoms with E-state index in [2.05, 4.69) is 25.2 Å². The zero-order valence-corrected chi connectivity index (χ0v) is 16.5. The lowest BCUT2D eigenvalue weighted by molar-refractivity contribution is 0.0957. The summed E-state index contributed by atoms with van der Waals surface area (Å²) in [6.45, 7) is 3.30. The summed E-state index contributed by atoms with van der Waals surface area (Å²) in [7, 11) is 0. The Hall–Kier alpha value is -3.52. The maximum Gasteiger partial charge on any atom is 0.254 e. The van der Waals surface area contributed by atoms with Crippen LogP contribution in [0, 0.1) is 0 Å². The molecule has 0 radical (unpaired) electrons. The number of amides is 1. The van der Waals surface area contributed by atoms with E-state index in [1.54, 1.807) is 18.7 Å². The summed E-state index contributed by atoms with van der Waals surface area (Å²) in [4.78, 5) is 28.6. The molecule has 0 saturated carbocycles. The smallest absolute Gasteiger partial charge is 0.254 e. The van der Waals surface area contributed by atoms with E-state index in [1.807, 2.05) is 40.9 Å². The van der Waals surface area contributed by atoms with Gasteiger partial charge in [-0.05, 0) is 36.2 Å². The number of rotatable bonds is 5.